The van der Waals surface area contributed by atoms with Gasteiger partial charge in [0.05, 0.1) is 17.2 Å². The normalized spacial score (nSPS) is 13.2. The maximum absolute atomic E-state index is 5.93. The molecule has 2 aromatic heterocycles. The Bertz CT molecular complexity index is 509. The monoisotopic (exact) mass is 345 g/mol. The summed E-state index contributed by atoms with van der Waals surface area (Å²) in [6, 6.07) is 2.33. The molecule has 0 fully saturated rings. The van der Waals surface area contributed by atoms with Crippen molar-refractivity contribution in [2.24, 2.45) is 5.73 Å². The first-order valence-electron chi connectivity index (χ1n) is 5.65. The van der Waals surface area contributed by atoms with Crippen LogP contribution in [0, 0.1) is 6.92 Å². The molecule has 1 atom stereocenters. The Morgan fingerprint density at radius 1 is 1.50 bits per heavy atom. The van der Waals surface area contributed by atoms with Gasteiger partial charge in [-0.2, -0.15) is 0 Å². The van der Waals surface area contributed by atoms with E-state index in [0.717, 1.165) is 16.7 Å². The number of nitrogens with two attached hydrogens (primary N) is 1. The highest BCUT2D eigenvalue weighted by atomic mass is 79.9. The van der Waals surface area contributed by atoms with Crippen LogP contribution in [0.15, 0.2) is 21.4 Å². The van der Waals surface area contributed by atoms with Crippen molar-refractivity contribution in [2.45, 2.75) is 19.5 Å². The number of aromatic nitrogens is 1. The number of halogens is 1. The van der Waals surface area contributed by atoms with E-state index in [9.17, 15) is 0 Å². The second-order valence-electron chi connectivity index (χ2n) is 4.16. The summed E-state index contributed by atoms with van der Waals surface area (Å²) in [7, 11) is 2.11. The maximum Gasteiger partial charge on any atom is 0.0798 e. The van der Waals surface area contributed by atoms with Gasteiger partial charge in [0.2, 0.25) is 0 Å². The van der Waals surface area contributed by atoms with Crippen LogP contribution in [0.3, 0.4) is 0 Å². The minimum atomic E-state index is 0.251. The number of thiophene rings is 1. The molecular weight excluding hydrogens is 330 g/mol. The second kappa shape index (κ2) is 6.25. The molecule has 0 saturated carbocycles. The highest BCUT2D eigenvalue weighted by Crippen LogP contribution is 2.32. The van der Waals surface area contributed by atoms with E-state index in [0.29, 0.717) is 6.54 Å². The quantitative estimate of drug-likeness (QED) is 0.902. The van der Waals surface area contributed by atoms with Crippen LogP contribution in [0.5, 0.6) is 0 Å². The highest BCUT2D eigenvalue weighted by molar-refractivity contribution is 9.10. The number of hydrogen-bond donors (Lipinski definition) is 1. The average molecular weight is 346 g/mol. The minimum absolute atomic E-state index is 0.251. The van der Waals surface area contributed by atoms with E-state index in [1.165, 1.54) is 9.75 Å². The molecule has 3 nitrogen and oxygen atoms in total. The zero-order valence-electron chi connectivity index (χ0n) is 10.4. The number of rotatable bonds is 5. The third-order valence-corrected chi connectivity index (χ3v) is 5.83. The highest BCUT2D eigenvalue weighted by Gasteiger charge is 2.20. The molecule has 2 rings (SSSR count). The lowest BCUT2D eigenvalue weighted by molar-refractivity contribution is 0.246. The molecule has 98 valence electrons. The summed E-state index contributed by atoms with van der Waals surface area (Å²) in [4.78, 5) is 9.18. The Morgan fingerprint density at radius 2 is 2.28 bits per heavy atom. The molecule has 0 saturated heterocycles. The summed E-state index contributed by atoms with van der Waals surface area (Å²) in [6.45, 7) is 3.56. The molecule has 18 heavy (non-hydrogen) atoms. The smallest absolute Gasteiger partial charge is 0.0798 e. The van der Waals surface area contributed by atoms with Crippen molar-refractivity contribution < 1.29 is 0 Å². The van der Waals surface area contributed by atoms with Crippen molar-refractivity contribution in [3.05, 3.63) is 36.9 Å². The fourth-order valence-corrected chi connectivity index (χ4v) is 4.50. The van der Waals surface area contributed by atoms with Crippen molar-refractivity contribution >= 4 is 38.6 Å². The summed E-state index contributed by atoms with van der Waals surface area (Å²) < 4.78 is 1.15. The number of aryl methyl sites for hydroxylation is 1. The molecule has 1 unspecified atom stereocenters. The van der Waals surface area contributed by atoms with Crippen LogP contribution in [0.2, 0.25) is 0 Å². The largest absolute Gasteiger partial charge is 0.329 e. The zero-order valence-corrected chi connectivity index (χ0v) is 13.6. The molecule has 0 amide bonds. The lowest BCUT2D eigenvalue weighted by Gasteiger charge is -2.26. The molecule has 0 aliphatic carbocycles. The second-order valence-corrected chi connectivity index (χ2v) is 6.90. The van der Waals surface area contributed by atoms with Crippen LogP contribution < -0.4 is 5.73 Å². The maximum atomic E-state index is 5.93. The predicted octanol–water partition coefficient (Wildman–Crippen LogP) is 3.41. The molecule has 0 radical (unpaired) electrons. The topological polar surface area (TPSA) is 42.2 Å². The summed E-state index contributed by atoms with van der Waals surface area (Å²) in [5.41, 5.74) is 8.95. The summed E-state index contributed by atoms with van der Waals surface area (Å²) in [6.07, 6.45) is 0. The van der Waals surface area contributed by atoms with Crippen LogP contribution in [0.4, 0.5) is 0 Å². The molecule has 0 aromatic carbocycles. The van der Waals surface area contributed by atoms with Crippen molar-refractivity contribution in [3.8, 4) is 0 Å². The summed E-state index contributed by atoms with van der Waals surface area (Å²) in [5.74, 6) is 0. The van der Waals surface area contributed by atoms with Crippen LogP contribution in [-0.2, 0) is 6.54 Å². The van der Waals surface area contributed by atoms with E-state index < -0.39 is 0 Å². The van der Waals surface area contributed by atoms with Crippen molar-refractivity contribution in [2.75, 3.05) is 13.6 Å². The van der Waals surface area contributed by atoms with E-state index in [-0.39, 0.29) is 6.04 Å². The molecule has 2 heterocycles. The van der Waals surface area contributed by atoms with Gasteiger partial charge in [-0.1, -0.05) is 0 Å². The first-order chi connectivity index (χ1) is 8.63. The first-order valence-corrected chi connectivity index (χ1v) is 8.21. The standard InChI is InChI=1S/C12H16BrN3S2/c1-8-11(18-7-15-8)6-16(2)10(5-14)12-9(13)3-4-17-12/h3-4,7,10H,5-6,14H2,1-2H3. The van der Waals surface area contributed by atoms with Crippen molar-refractivity contribution in [3.63, 3.8) is 0 Å². The Kier molecular flexibility index (Phi) is 4.91. The van der Waals surface area contributed by atoms with Gasteiger partial charge in [0.25, 0.3) is 0 Å². The van der Waals surface area contributed by atoms with Gasteiger partial charge < -0.3 is 5.73 Å². The molecule has 2 N–H and O–H groups in total. The fourth-order valence-electron chi connectivity index (χ4n) is 1.85. The zero-order chi connectivity index (χ0) is 13.1. The molecule has 6 heteroatoms. The minimum Gasteiger partial charge on any atom is -0.329 e. The van der Waals surface area contributed by atoms with E-state index in [1.54, 1.807) is 22.7 Å². The Morgan fingerprint density at radius 3 is 2.78 bits per heavy atom. The lowest BCUT2D eigenvalue weighted by Crippen LogP contribution is -2.29. The third-order valence-electron chi connectivity index (χ3n) is 2.94. The van der Waals surface area contributed by atoms with E-state index in [2.05, 4.69) is 51.2 Å². The van der Waals surface area contributed by atoms with Gasteiger partial charge in [-0.3, -0.25) is 4.90 Å². The molecular formula is C12H16BrN3S2. The Labute approximate surface area is 124 Å². The number of thiazole rings is 1. The Balaban J connectivity index is 2.14. The average Bonchev–Trinajstić information content (AvgIpc) is 2.91. The van der Waals surface area contributed by atoms with E-state index >= 15 is 0 Å². The summed E-state index contributed by atoms with van der Waals surface area (Å²) >= 11 is 7.04. The molecule has 2 aromatic rings. The van der Waals surface area contributed by atoms with E-state index in [1.807, 2.05) is 5.51 Å². The lowest BCUT2D eigenvalue weighted by atomic mass is 10.2. The van der Waals surface area contributed by atoms with Gasteiger partial charge in [0.1, 0.15) is 0 Å². The predicted molar refractivity (Wildman–Crippen MR) is 82.1 cm³/mol. The first kappa shape index (κ1) is 14.1. The van der Waals surface area contributed by atoms with Gasteiger partial charge in [0, 0.05) is 27.3 Å². The van der Waals surface area contributed by atoms with Crippen LogP contribution in [0.1, 0.15) is 21.5 Å². The van der Waals surface area contributed by atoms with E-state index in [4.69, 9.17) is 5.73 Å². The number of hydrogen-bond acceptors (Lipinski definition) is 5. The SMILES string of the molecule is Cc1ncsc1CN(C)C(CN)c1sccc1Br. The van der Waals surface area contributed by atoms with Crippen molar-refractivity contribution in [1.29, 1.82) is 0 Å². The number of likely N-dealkylation sites (N-methyl/N-ethyl adjacent to an activating group) is 1. The van der Waals surface area contributed by atoms with Crippen LogP contribution >= 0.6 is 38.6 Å². The molecule has 0 bridgehead atoms. The summed E-state index contributed by atoms with van der Waals surface area (Å²) in [5, 5.41) is 2.09. The van der Waals surface area contributed by atoms with Crippen LogP contribution in [-0.4, -0.2) is 23.5 Å². The van der Waals surface area contributed by atoms with Crippen molar-refractivity contribution in [1.82, 2.24) is 9.88 Å². The number of nitrogens with zero attached hydrogens (tertiary/aromatic N) is 2. The molecule has 0 aliphatic heterocycles. The van der Waals surface area contributed by atoms with Gasteiger partial charge in [-0.25, -0.2) is 4.98 Å². The van der Waals surface area contributed by atoms with Gasteiger partial charge in [-0.15, -0.1) is 22.7 Å². The van der Waals surface area contributed by atoms with Gasteiger partial charge in [-0.05, 0) is 41.3 Å². The fraction of sp³-hybridized carbons (Fsp3) is 0.417. The van der Waals surface area contributed by atoms with Gasteiger partial charge in [0.15, 0.2) is 0 Å². The Hall–Kier alpha value is -0.270. The molecule has 0 aliphatic rings. The molecule has 0 spiro atoms. The third kappa shape index (κ3) is 3.00. The van der Waals surface area contributed by atoms with Crippen LogP contribution in [0.25, 0.3) is 0 Å². The van der Waals surface area contributed by atoms with Gasteiger partial charge >= 0.3 is 0 Å².